The first kappa shape index (κ1) is 15.3. The molecule has 21 heavy (non-hydrogen) atoms. The van der Waals surface area contributed by atoms with Crippen molar-refractivity contribution in [3.8, 4) is 0 Å². The molecule has 0 unspecified atom stereocenters. The molecule has 0 radical (unpaired) electrons. The first-order valence-electron chi connectivity index (χ1n) is 7.62. The summed E-state index contributed by atoms with van der Waals surface area (Å²) in [5.74, 6) is 0. The molecule has 0 amide bonds. The van der Waals surface area contributed by atoms with Crippen molar-refractivity contribution in [2.45, 2.75) is 58.8 Å². The molecular weight excluding hydrogens is 268 g/mol. The minimum Gasteiger partial charge on any atom is -0.243 e. The molecule has 0 aliphatic carbocycles. The molecule has 7 heteroatoms. The molecule has 0 spiro atoms. The highest BCUT2D eigenvalue weighted by Gasteiger charge is 2.18. The van der Waals surface area contributed by atoms with E-state index in [1.165, 1.54) is 41.0 Å². The van der Waals surface area contributed by atoms with E-state index in [2.05, 4.69) is 34.5 Å². The molecule has 2 heterocycles. The van der Waals surface area contributed by atoms with Crippen LogP contribution in [-0.2, 0) is 12.8 Å². The number of aromatic nitrogens is 6. The predicted octanol–water partition coefficient (Wildman–Crippen LogP) is 2.46. The zero-order valence-electron chi connectivity index (χ0n) is 12.7. The van der Waals surface area contributed by atoms with Gasteiger partial charge in [-0.1, -0.05) is 50.0 Å². The van der Waals surface area contributed by atoms with Crippen LogP contribution in [0.2, 0.25) is 0 Å². The lowest BCUT2D eigenvalue weighted by molar-refractivity contribution is 0.236. The molecule has 0 atom stereocenters. The van der Waals surface area contributed by atoms with E-state index in [4.69, 9.17) is 0 Å². The van der Waals surface area contributed by atoms with E-state index >= 15 is 0 Å². The predicted molar refractivity (Wildman–Crippen MR) is 78.1 cm³/mol. The second-order valence-corrected chi connectivity index (χ2v) is 5.09. The minimum absolute atomic E-state index is 0.330. The minimum atomic E-state index is -0.330. The highest BCUT2D eigenvalue weighted by molar-refractivity contribution is 5.77. The van der Waals surface area contributed by atoms with Crippen molar-refractivity contribution in [2.24, 2.45) is 0 Å². The Morgan fingerprint density at radius 3 is 2.62 bits per heavy atom. The molecule has 114 valence electrons. The summed E-state index contributed by atoms with van der Waals surface area (Å²) < 4.78 is 2.53. The molecule has 0 aliphatic heterocycles. The Morgan fingerprint density at radius 2 is 1.95 bits per heavy atom. The number of rotatable bonds is 7. The van der Waals surface area contributed by atoms with Gasteiger partial charge < -0.3 is 0 Å². The molecule has 0 saturated heterocycles. The summed E-state index contributed by atoms with van der Waals surface area (Å²) in [5, 5.41) is 15.6. The third-order valence-corrected chi connectivity index (χ3v) is 3.40. The number of hydrogen-bond donors (Lipinski definition) is 0. The van der Waals surface area contributed by atoms with Crippen molar-refractivity contribution in [2.75, 3.05) is 0 Å². The standard InChI is InChI=1S/C14H22N6O/c1-3-5-6-7-9-12-13(8-4-2)20(18-16-12)14(21)19-11-10-15-17-19/h10-11H,3-9H2,1-2H3. The van der Waals surface area contributed by atoms with Crippen LogP contribution in [0, 0.1) is 0 Å². The second kappa shape index (κ2) is 7.66. The van der Waals surface area contributed by atoms with Gasteiger partial charge in [0.15, 0.2) is 0 Å². The van der Waals surface area contributed by atoms with Crippen LogP contribution in [0.3, 0.4) is 0 Å². The zero-order valence-corrected chi connectivity index (χ0v) is 12.7. The van der Waals surface area contributed by atoms with Crippen molar-refractivity contribution in [1.29, 1.82) is 0 Å². The van der Waals surface area contributed by atoms with E-state index < -0.39 is 0 Å². The number of carbonyl (C=O) groups is 1. The molecule has 0 fully saturated rings. The van der Waals surface area contributed by atoms with Crippen molar-refractivity contribution >= 4 is 6.03 Å². The van der Waals surface area contributed by atoms with Gasteiger partial charge in [-0.25, -0.2) is 4.79 Å². The van der Waals surface area contributed by atoms with Gasteiger partial charge in [0.05, 0.1) is 23.8 Å². The summed E-state index contributed by atoms with van der Waals surface area (Å²) in [6.45, 7) is 4.27. The Labute approximate surface area is 124 Å². The van der Waals surface area contributed by atoms with Gasteiger partial charge in [0.25, 0.3) is 0 Å². The number of hydrogen-bond acceptors (Lipinski definition) is 5. The Balaban J connectivity index is 2.14. The van der Waals surface area contributed by atoms with E-state index in [1.54, 1.807) is 0 Å². The fraction of sp³-hybridized carbons (Fsp3) is 0.643. The summed E-state index contributed by atoms with van der Waals surface area (Å²) in [4.78, 5) is 12.3. The molecule has 0 aliphatic rings. The van der Waals surface area contributed by atoms with E-state index in [9.17, 15) is 4.79 Å². The number of unbranched alkanes of at least 4 members (excludes halogenated alkanes) is 3. The maximum Gasteiger partial charge on any atom is 0.372 e. The fourth-order valence-corrected chi connectivity index (χ4v) is 2.29. The quantitative estimate of drug-likeness (QED) is 0.732. The van der Waals surface area contributed by atoms with Gasteiger partial charge in [-0.15, -0.1) is 10.2 Å². The largest absolute Gasteiger partial charge is 0.372 e. The van der Waals surface area contributed by atoms with E-state index in [1.807, 2.05) is 0 Å². The van der Waals surface area contributed by atoms with Gasteiger partial charge in [-0.05, 0) is 19.3 Å². The summed E-state index contributed by atoms with van der Waals surface area (Å²) >= 11 is 0. The molecule has 0 aromatic carbocycles. The van der Waals surface area contributed by atoms with Gasteiger partial charge in [-0.2, -0.15) is 9.36 Å². The van der Waals surface area contributed by atoms with Crippen LogP contribution in [0.15, 0.2) is 12.4 Å². The summed E-state index contributed by atoms with van der Waals surface area (Å²) in [6, 6.07) is -0.330. The SMILES string of the molecule is CCCCCCc1nnn(C(=O)n2ccnn2)c1CCC. The van der Waals surface area contributed by atoms with E-state index in [0.29, 0.717) is 0 Å². The van der Waals surface area contributed by atoms with Crippen LogP contribution < -0.4 is 0 Å². The highest BCUT2D eigenvalue weighted by atomic mass is 16.2. The topological polar surface area (TPSA) is 78.5 Å². The van der Waals surface area contributed by atoms with Crippen molar-refractivity contribution in [3.63, 3.8) is 0 Å². The first-order chi connectivity index (χ1) is 10.3. The number of aryl methyl sites for hydroxylation is 1. The maximum absolute atomic E-state index is 12.3. The molecule has 2 aromatic rings. The van der Waals surface area contributed by atoms with Crippen LogP contribution in [-0.4, -0.2) is 36.0 Å². The van der Waals surface area contributed by atoms with Gasteiger partial charge in [0, 0.05) is 0 Å². The van der Waals surface area contributed by atoms with Crippen LogP contribution in [0.25, 0.3) is 0 Å². The lowest BCUT2D eigenvalue weighted by Gasteiger charge is -2.05. The molecular formula is C14H22N6O. The number of carbonyl (C=O) groups excluding carboxylic acids is 1. The molecule has 2 rings (SSSR count). The molecule has 0 N–H and O–H groups in total. The Bertz CT molecular complexity index is 560. The van der Waals surface area contributed by atoms with Gasteiger partial charge in [0.1, 0.15) is 0 Å². The third kappa shape index (κ3) is 3.74. The summed E-state index contributed by atoms with van der Waals surface area (Å²) in [6.07, 6.45) is 10.3. The van der Waals surface area contributed by atoms with Gasteiger partial charge in [0.2, 0.25) is 0 Å². The molecule has 0 saturated carbocycles. The van der Waals surface area contributed by atoms with Gasteiger partial charge >= 0.3 is 6.03 Å². The number of nitrogens with zero attached hydrogens (tertiary/aromatic N) is 6. The fourth-order valence-electron chi connectivity index (χ4n) is 2.29. The normalized spacial score (nSPS) is 11.0. The molecule has 0 bridgehead atoms. The Kier molecular flexibility index (Phi) is 5.59. The van der Waals surface area contributed by atoms with Gasteiger partial charge in [-0.3, -0.25) is 0 Å². The van der Waals surface area contributed by atoms with Crippen molar-refractivity contribution in [3.05, 3.63) is 23.8 Å². The van der Waals surface area contributed by atoms with E-state index in [-0.39, 0.29) is 6.03 Å². The maximum atomic E-state index is 12.3. The Hall–Kier alpha value is -2.05. The average Bonchev–Trinajstić information content (AvgIpc) is 3.14. The molecule has 2 aromatic heterocycles. The lowest BCUT2D eigenvalue weighted by Crippen LogP contribution is -2.23. The van der Waals surface area contributed by atoms with Crippen molar-refractivity contribution in [1.82, 2.24) is 30.0 Å². The van der Waals surface area contributed by atoms with Crippen LogP contribution in [0.1, 0.15) is 57.3 Å². The second-order valence-electron chi connectivity index (χ2n) is 5.09. The third-order valence-electron chi connectivity index (χ3n) is 3.40. The van der Waals surface area contributed by atoms with Crippen LogP contribution in [0.5, 0.6) is 0 Å². The summed E-state index contributed by atoms with van der Waals surface area (Å²) in [7, 11) is 0. The first-order valence-corrected chi connectivity index (χ1v) is 7.62. The lowest BCUT2D eigenvalue weighted by atomic mass is 10.1. The summed E-state index contributed by atoms with van der Waals surface area (Å²) in [5.41, 5.74) is 1.83. The molecule has 7 nitrogen and oxygen atoms in total. The Morgan fingerprint density at radius 1 is 1.10 bits per heavy atom. The smallest absolute Gasteiger partial charge is 0.243 e. The zero-order chi connectivity index (χ0) is 15.1. The monoisotopic (exact) mass is 290 g/mol. The van der Waals surface area contributed by atoms with Crippen LogP contribution >= 0.6 is 0 Å². The average molecular weight is 290 g/mol. The van der Waals surface area contributed by atoms with Crippen molar-refractivity contribution < 1.29 is 4.79 Å². The highest BCUT2D eigenvalue weighted by Crippen LogP contribution is 2.13. The van der Waals surface area contributed by atoms with Crippen LogP contribution in [0.4, 0.5) is 4.79 Å². The van der Waals surface area contributed by atoms with E-state index in [0.717, 1.165) is 37.1 Å².